The van der Waals surface area contributed by atoms with Gasteiger partial charge in [-0.1, -0.05) is 42.5 Å². The molecule has 3 rings (SSSR count). The lowest BCUT2D eigenvalue weighted by Gasteiger charge is -2.23. The predicted octanol–water partition coefficient (Wildman–Crippen LogP) is 3.96. The number of para-hydroxylation sites is 2. The van der Waals surface area contributed by atoms with Crippen LogP contribution in [0.5, 0.6) is 0 Å². The van der Waals surface area contributed by atoms with E-state index in [1.807, 2.05) is 5.43 Å². The summed E-state index contributed by atoms with van der Waals surface area (Å²) in [5.41, 5.74) is 0.260. The highest BCUT2D eigenvalue weighted by molar-refractivity contribution is 7.92. The van der Waals surface area contributed by atoms with E-state index in [9.17, 15) is 36.5 Å². The lowest BCUT2D eigenvalue weighted by Crippen LogP contribution is -2.39. The number of nitrogens with zero attached hydrogens (tertiary/aromatic N) is 3. The number of anilines is 1. The van der Waals surface area contributed by atoms with Crippen molar-refractivity contribution < 1.29 is 31.3 Å². The molecule has 0 aliphatic carbocycles. The number of rotatable bonds is 8. The van der Waals surface area contributed by atoms with Crippen LogP contribution in [0.25, 0.3) is 0 Å². The summed E-state index contributed by atoms with van der Waals surface area (Å²) in [6.07, 6.45) is -3.61. The van der Waals surface area contributed by atoms with Crippen molar-refractivity contribution in [2.75, 3.05) is 10.8 Å². The molecule has 0 spiro atoms. The Bertz CT molecular complexity index is 1360. The lowest BCUT2D eigenvalue weighted by atomic mass is 10.1. The Hall–Kier alpha value is -4.26. The Balaban J connectivity index is 1.88. The zero-order valence-corrected chi connectivity index (χ0v) is 18.5. The van der Waals surface area contributed by atoms with E-state index in [2.05, 4.69) is 5.10 Å². The number of benzene rings is 3. The van der Waals surface area contributed by atoms with Gasteiger partial charge >= 0.3 is 6.18 Å². The van der Waals surface area contributed by atoms with E-state index >= 15 is 0 Å². The maximum absolute atomic E-state index is 13.2. The summed E-state index contributed by atoms with van der Waals surface area (Å²) >= 11 is 0. The molecule has 13 heteroatoms. The molecule has 182 valence electrons. The molecular weight excluding hydrogens is 489 g/mol. The molecule has 3 aromatic rings. The average Bonchev–Trinajstić information content (AvgIpc) is 2.82. The molecule has 3 aromatic carbocycles. The minimum absolute atomic E-state index is 0.0348. The molecule has 9 nitrogen and oxygen atoms in total. The largest absolute Gasteiger partial charge is 0.416 e. The number of sulfonamides is 1. The molecule has 0 atom stereocenters. The second kappa shape index (κ2) is 10.3. The van der Waals surface area contributed by atoms with E-state index in [1.54, 1.807) is 6.07 Å². The van der Waals surface area contributed by atoms with Gasteiger partial charge < -0.3 is 0 Å². The van der Waals surface area contributed by atoms with Crippen LogP contribution in [0.1, 0.15) is 11.1 Å². The van der Waals surface area contributed by atoms with E-state index in [-0.39, 0.29) is 16.1 Å². The fourth-order valence-electron chi connectivity index (χ4n) is 2.99. The SMILES string of the molecule is O=C(CN(c1ccccc1[N+](=O)[O-])S(=O)(=O)c1ccccc1)N/N=C\c1cccc(C(F)(F)F)c1. The molecule has 0 aromatic heterocycles. The number of carbonyl (C=O) groups excluding carboxylic acids is 1. The Labute approximate surface area is 197 Å². The van der Waals surface area contributed by atoms with Crippen molar-refractivity contribution in [2.24, 2.45) is 5.10 Å². The van der Waals surface area contributed by atoms with Gasteiger partial charge in [-0.25, -0.2) is 18.1 Å². The number of nitro benzene ring substituents is 1. The molecule has 0 heterocycles. The van der Waals surface area contributed by atoms with Crippen molar-refractivity contribution >= 4 is 33.5 Å². The summed E-state index contributed by atoms with van der Waals surface area (Å²) in [4.78, 5) is 23.0. The zero-order valence-electron chi connectivity index (χ0n) is 17.7. The van der Waals surface area contributed by atoms with Crippen LogP contribution in [0.4, 0.5) is 24.5 Å². The molecule has 0 aliphatic rings. The van der Waals surface area contributed by atoms with Crippen LogP contribution in [0.3, 0.4) is 0 Å². The van der Waals surface area contributed by atoms with Gasteiger partial charge in [-0.2, -0.15) is 18.3 Å². The number of hydrazone groups is 1. The van der Waals surface area contributed by atoms with Gasteiger partial charge in [0.1, 0.15) is 12.2 Å². The van der Waals surface area contributed by atoms with E-state index in [4.69, 9.17) is 0 Å². The number of hydrogen-bond donors (Lipinski definition) is 1. The number of amides is 1. The maximum atomic E-state index is 13.2. The molecule has 35 heavy (non-hydrogen) atoms. The van der Waals surface area contributed by atoms with Crippen LogP contribution in [-0.2, 0) is 21.0 Å². The minimum Gasteiger partial charge on any atom is -0.271 e. The summed E-state index contributed by atoms with van der Waals surface area (Å²) in [6, 6.07) is 16.2. The standard InChI is InChI=1S/C22H17F3N4O5S/c23-22(24,25)17-8-6-7-16(13-17)14-26-27-21(30)15-28(19-11-4-5-12-20(19)29(31)32)35(33,34)18-9-2-1-3-10-18/h1-14H,15H2,(H,27,30)/b26-14-. The molecule has 0 fully saturated rings. The molecule has 0 aliphatic heterocycles. The molecule has 0 unspecified atom stereocenters. The number of halogens is 3. The van der Waals surface area contributed by atoms with Gasteiger partial charge in [0.05, 0.1) is 21.6 Å². The van der Waals surface area contributed by atoms with Crippen LogP contribution >= 0.6 is 0 Å². The van der Waals surface area contributed by atoms with Crippen molar-refractivity contribution in [3.8, 4) is 0 Å². The Kier molecular flexibility index (Phi) is 7.49. The Morgan fingerprint density at radius 1 is 1.03 bits per heavy atom. The Morgan fingerprint density at radius 3 is 2.34 bits per heavy atom. The van der Waals surface area contributed by atoms with Crippen molar-refractivity contribution in [1.29, 1.82) is 0 Å². The van der Waals surface area contributed by atoms with Crippen LogP contribution in [0.2, 0.25) is 0 Å². The normalized spacial score (nSPS) is 11.9. The summed E-state index contributed by atoms with van der Waals surface area (Å²) in [7, 11) is -4.41. The third-order valence-corrected chi connectivity index (χ3v) is 6.36. The highest BCUT2D eigenvalue weighted by Gasteiger charge is 2.32. The van der Waals surface area contributed by atoms with Gasteiger partial charge in [0.15, 0.2) is 0 Å². The molecule has 1 N–H and O–H groups in total. The van der Waals surface area contributed by atoms with Crippen LogP contribution in [-0.4, -0.2) is 32.0 Å². The van der Waals surface area contributed by atoms with Crippen molar-refractivity contribution in [3.63, 3.8) is 0 Å². The fraction of sp³-hybridized carbons (Fsp3) is 0.0909. The van der Waals surface area contributed by atoms with Gasteiger partial charge in [-0.3, -0.25) is 14.9 Å². The summed E-state index contributed by atoms with van der Waals surface area (Å²) in [5, 5.41) is 15.1. The second-order valence-corrected chi connectivity index (χ2v) is 8.85. The quantitative estimate of drug-likeness (QED) is 0.282. The van der Waals surface area contributed by atoms with E-state index in [0.29, 0.717) is 4.31 Å². The molecule has 1 amide bonds. The third-order valence-electron chi connectivity index (χ3n) is 4.58. The molecule has 0 bridgehead atoms. The van der Waals surface area contributed by atoms with Gasteiger partial charge in [0.2, 0.25) is 0 Å². The van der Waals surface area contributed by atoms with Crippen molar-refractivity contribution in [3.05, 3.63) is 100 Å². The third kappa shape index (κ3) is 6.20. The first kappa shape index (κ1) is 25.4. The Morgan fingerprint density at radius 2 is 1.69 bits per heavy atom. The molecular formula is C22H17F3N4O5S. The molecule has 0 saturated heterocycles. The van der Waals surface area contributed by atoms with Gasteiger partial charge in [-0.15, -0.1) is 0 Å². The van der Waals surface area contributed by atoms with Crippen molar-refractivity contribution in [1.82, 2.24) is 5.43 Å². The number of nitro groups is 1. The number of alkyl halides is 3. The van der Waals surface area contributed by atoms with Gasteiger partial charge in [-0.05, 0) is 35.9 Å². The summed E-state index contributed by atoms with van der Waals surface area (Å²) in [6.45, 7) is -0.887. The minimum atomic E-state index is -4.57. The van der Waals surface area contributed by atoms with Crippen molar-refractivity contribution in [2.45, 2.75) is 11.1 Å². The van der Waals surface area contributed by atoms with Gasteiger partial charge in [0.25, 0.3) is 21.6 Å². The first-order chi connectivity index (χ1) is 16.5. The maximum Gasteiger partial charge on any atom is 0.416 e. The first-order valence-corrected chi connectivity index (χ1v) is 11.2. The smallest absolute Gasteiger partial charge is 0.271 e. The summed E-state index contributed by atoms with van der Waals surface area (Å²) < 4.78 is 65.6. The van der Waals surface area contributed by atoms with Crippen LogP contribution in [0.15, 0.2) is 88.9 Å². The average molecular weight is 506 g/mol. The highest BCUT2D eigenvalue weighted by Crippen LogP contribution is 2.32. The fourth-order valence-corrected chi connectivity index (χ4v) is 4.44. The van der Waals surface area contributed by atoms with Crippen LogP contribution in [0, 0.1) is 10.1 Å². The van der Waals surface area contributed by atoms with Gasteiger partial charge in [0, 0.05) is 6.07 Å². The van der Waals surface area contributed by atoms with E-state index in [0.717, 1.165) is 30.5 Å². The van der Waals surface area contributed by atoms with Crippen LogP contribution < -0.4 is 9.73 Å². The number of hydrogen-bond acceptors (Lipinski definition) is 6. The monoisotopic (exact) mass is 506 g/mol. The number of nitrogens with one attached hydrogen (secondary N) is 1. The zero-order chi connectivity index (χ0) is 25.6. The second-order valence-electron chi connectivity index (χ2n) is 6.99. The predicted molar refractivity (Wildman–Crippen MR) is 121 cm³/mol. The van der Waals surface area contributed by atoms with E-state index in [1.165, 1.54) is 48.5 Å². The highest BCUT2D eigenvalue weighted by atomic mass is 32.2. The molecule has 0 radical (unpaired) electrons. The van der Waals surface area contributed by atoms with E-state index < -0.39 is 44.8 Å². The first-order valence-electron chi connectivity index (χ1n) is 9.80. The molecule has 0 saturated carbocycles. The summed E-state index contributed by atoms with van der Waals surface area (Å²) in [5.74, 6) is -0.981. The lowest BCUT2D eigenvalue weighted by molar-refractivity contribution is -0.384. The topological polar surface area (TPSA) is 122 Å². The number of carbonyl (C=O) groups is 1.